The molecule has 1 aromatic heterocycles. The van der Waals surface area contributed by atoms with Gasteiger partial charge in [-0.2, -0.15) is 5.10 Å². The molecule has 128 valence electrons. The highest BCUT2D eigenvalue weighted by atomic mass is 35.5. The van der Waals surface area contributed by atoms with Crippen LogP contribution in [0.1, 0.15) is 17.8 Å². The Labute approximate surface area is 151 Å². The zero-order valence-electron chi connectivity index (χ0n) is 13.6. The zero-order chi connectivity index (χ0) is 17.9. The van der Waals surface area contributed by atoms with Gasteiger partial charge in [0, 0.05) is 28.6 Å². The van der Waals surface area contributed by atoms with E-state index in [1.807, 2.05) is 38.1 Å². The van der Waals surface area contributed by atoms with E-state index in [4.69, 9.17) is 28.9 Å². The number of nitrogens with one attached hydrogen (secondary N) is 2. The van der Waals surface area contributed by atoms with Crippen LogP contribution in [0.4, 0.5) is 5.69 Å². The van der Waals surface area contributed by atoms with E-state index in [9.17, 15) is 4.79 Å². The number of H-pyrrole nitrogens is 1. The smallest absolute Gasteiger partial charge is 0.251 e. The van der Waals surface area contributed by atoms with Crippen molar-refractivity contribution in [3.8, 4) is 11.1 Å². The minimum absolute atomic E-state index is 0.231. The highest BCUT2D eigenvalue weighted by Crippen LogP contribution is 2.26. The van der Waals surface area contributed by atoms with E-state index in [-0.39, 0.29) is 12.3 Å². The lowest BCUT2D eigenvalue weighted by atomic mass is 10.0. The van der Waals surface area contributed by atoms with Crippen LogP contribution >= 0.6 is 23.2 Å². The molecule has 0 saturated heterocycles. The summed E-state index contributed by atoms with van der Waals surface area (Å²) < 4.78 is 0. The van der Waals surface area contributed by atoms with Crippen LogP contribution in [0.15, 0.2) is 36.4 Å². The molecule has 24 heavy (non-hydrogen) atoms. The molecule has 0 aliphatic rings. The van der Waals surface area contributed by atoms with Gasteiger partial charge >= 0.3 is 0 Å². The first-order chi connectivity index (χ1) is 11.3. The Morgan fingerprint density at radius 1 is 1.33 bits per heavy atom. The molecule has 1 atom stereocenters. The Hall–Kier alpha value is -1.82. The third kappa shape index (κ3) is 4.38. The van der Waals surface area contributed by atoms with E-state index < -0.39 is 10.9 Å². The van der Waals surface area contributed by atoms with Crippen LogP contribution in [0.5, 0.6) is 0 Å². The molecule has 0 fully saturated rings. The second kappa shape index (κ2) is 7.83. The van der Waals surface area contributed by atoms with Gasteiger partial charge in [0.1, 0.15) is 4.84 Å². The molecule has 1 aromatic carbocycles. The molecule has 1 heterocycles. The minimum atomic E-state index is -0.740. The predicted octanol–water partition coefficient (Wildman–Crippen LogP) is 3.71. The summed E-state index contributed by atoms with van der Waals surface area (Å²) in [6.07, 6.45) is 0.231. The van der Waals surface area contributed by atoms with Gasteiger partial charge in [-0.25, -0.2) is 0 Å². The van der Waals surface area contributed by atoms with Gasteiger partial charge in [-0.15, -0.1) is 23.2 Å². The van der Waals surface area contributed by atoms with Gasteiger partial charge in [0.05, 0.1) is 5.69 Å². The first kappa shape index (κ1) is 18.5. The molecule has 5 nitrogen and oxygen atoms in total. The monoisotopic (exact) mass is 366 g/mol. The Bertz CT molecular complexity index is 718. The van der Waals surface area contributed by atoms with Crippen LogP contribution in [0.25, 0.3) is 11.1 Å². The normalized spacial score (nSPS) is 12.2. The van der Waals surface area contributed by atoms with Crippen LogP contribution < -0.4 is 11.1 Å². The summed E-state index contributed by atoms with van der Waals surface area (Å²) in [4.78, 5) is 11.4. The topological polar surface area (TPSA) is 83.8 Å². The highest BCUT2D eigenvalue weighted by Gasteiger charge is 2.17. The molecular formula is C17H20Cl2N4O. The number of carbonyl (C=O) groups excluding carboxylic acids is 1. The average Bonchev–Trinajstić information content (AvgIpc) is 2.87. The molecule has 2 rings (SSSR count). The Morgan fingerprint density at radius 2 is 1.96 bits per heavy atom. The lowest BCUT2D eigenvalue weighted by Crippen LogP contribution is -2.30. The van der Waals surface area contributed by atoms with Crippen molar-refractivity contribution in [3.05, 3.63) is 47.8 Å². The molecule has 0 aliphatic carbocycles. The third-order valence-electron chi connectivity index (χ3n) is 3.69. The largest absolute Gasteiger partial charge is 0.325 e. The maximum absolute atomic E-state index is 12.1. The predicted molar refractivity (Wildman–Crippen MR) is 99.4 cm³/mol. The maximum Gasteiger partial charge on any atom is 0.251 e. The van der Waals surface area contributed by atoms with E-state index in [0.29, 0.717) is 11.3 Å². The summed E-state index contributed by atoms with van der Waals surface area (Å²) in [6, 6.07) is 7.00. The molecular weight excluding hydrogens is 347 g/mol. The Balaban J connectivity index is 2.04. The summed E-state index contributed by atoms with van der Waals surface area (Å²) in [7, 11) is 0. The molecule has 0 saturated carbocycles. The number of aromatic nitrogens is 2. The summed E-state index contributed by atoms with van der Waals surface area (Å²) in [5.41, 5.74) is 10.8. The van der Waals surface area contributed by atoms with E-state index in [0.717, 1.165) is 22.5 Å². The minimum Gasteiger partial charge on any atom is -0.325 e. The van der Waals surface area contributed by atoms with Gasteiger partial charge in [0.15, 0.2) is 0 Å². The van der Waals surface area contributed by atoms with Gasteiger partial charge in [0.25, 0.3) is 5.91 Å². The molecule has 0 unspecified atom stereocenters. The van der Waals surface area contributed by atoms with Gasteiger partial charge in [0.2, 0.25) is 0 Å². The van der Waals surface area contributed by atoms with Crippen LogP contribution in [-0.4, -0.2) is 27.0 Å². The number of rotatable bonds is 6. The van der Waals surface area contributed by atoms with Gasteiger partial charge < -0.3 is 11.1 Å². The fraction of sp³-hybridized carbons (Fsp3) is 0.294. The van der Waals surface area contributed by atoms with Crippen LogP contribution in [0, 0.1) is 13.8 Å². The van der Waals surface area contributed by atoms with Crippen molar-refractivity contribution in [1.82, 2.24) is 10.2 Å². The van der Waals surface area contributed by atoms with Crippen molar-refractivity contribution < 1.29 is 4.79 Å². The lowest BCUT2D eigenvalue weighted by Gasteiger charge is -2.14. The number of halogens is 2. The quantitative estimate of drug-likeness (QED) is 0.538. The van der Waals surface area contributed by atoms with E-state index >= 15 is 0 Å². The number of anilines is 1. The van der Waals surface area contributed by atoms with Crippen molar-refractivity contribution in [2.45, 2.75) is 31.1 Å². The molecule has 0 aliphatic heterocycles. The van der Waals surface area contributed by atoms with E-state index in [1.165, 1.54) is 0 Å². The van der Waals surface area contributed by atoms with Crippen molar-refractivity contribution >= 4 is 34.8 Å². The molecule has 4 N–H and O–H groups in total. The van der Waals surface area contributed by atoms with Crippen molar-refractivity contribution in [1.29, 1.82) is 0 Å². The van der Waals surface area contributed by atoms with Gasteiger partial charge in [-0.3, -0.25) is 9.89 Å². The average molecular weight is 367 g/mol. The molecule has 0 radical (unpaired) electrons. The Kier molecular flexibility index (Phi) is 6.04. The molecule has 2 aromatic rings. The molecule has 7 heteroatoms. The SMILES string of the molecule is C=C(C[C@H](N)C(Cl)Cl)C(=O)Nc1ccc(-c2c(C)n[nH]c2C)cc1. The maximum atomic E-state index is 12.1. The number of benzene rings is 1. The van der Waals surface area contributed by atoms with Crippen LogP contribution in [0.3, 0.4) is 0 Å². The number of hydrogen-bond donors (Lipinski definition) is 3. The zero-order valence-corrected chi connectivity index (χ0v) is 15.1. The fourth-order valence-corrected chi connectivity index (χ4v) is 2.56. The second-order valence-corrected chi connectivity index (χ2v) is 6.81. The van der Waals surface area contributed by atoms with Crippen LogP contribution in [0.2, 0.25) is 0 Å². The van der Waals surface area contributed by atoms with Gasteiger partial charge in [-0.05, 0) is 38.0 Å². The number of aryl methyl sites for hydroxylation is 2. The summed E-state index contributed by atoms with van der Waals surface area (Å²) in [6.45, 7) is 7.65. The number of nitrogens with two attached hydrogens (primary N) is 1. The van der Waals surface area contributed by atoms with Gasteiger partial charge in [-0.1, -0.05) is 18.7 Å². The number of carbonyl (C=O) groups is 1. The number of hydrogen-bond acceptors (Lipinski definition) is 3. The molecule has 0 spiro atoms. The first-order valence-electron chi connectivity index (χ1n) is 7.44. The van der Waals surface area contributed by atoms with Crippen LogP contribution in [-0.2, 0) is 4.79 Å². The molecule has 1 amide bonds. The Morgan fingerprint density at radius 3 is 2.46 bits per heavy atom. The van der Waals surface area contributed by atoms with E-state index in [2.05, 4.69) is 22.1 Å². The number of alkyl halides is 2. The summed E-state index contributed by atoms with van der Waals surface area (Å²) >= 11 is 11.4. The standard InChI is InChI=1S/C17H20Cl2N4O/c1-9(8-14(20)16(18)19)17(24)21-13-6-4-12(5-7-13)15-10(2)22-23-11(15)3/h4-7,14,16H,1,8,20H2,2-3H3,(H,21,24)(H,22,23)/t14-/m0/s1. The fourth-order valence-electron chi connectivity index (χ4n) is 2.38. The van der Waals surface area contributed by atoms with E-state index in [1.54, 1.807) is 0 Å². The third-order valence-corrected chi connectivity index (χ3v) is 4.33. The number of amides is 1. The number of nitrogens with zero attached hydrogens (tertiary/aromatic N) is 1. The highest BCUT2D eigenvalue weighted by molar-refractivity contribution is 6.44. The van der Waals surface area contributed by atoms with Crippen molar-refractivity contribution in [2.24, 2.45) is 5.73 Å². The second-order valence-electron chi connectivity index (χ2n) is 5.65. The summed E-state index contributed by atoms with van der Waals surface area (Å²) in [5.74, 6) is -0.303. The molecule has 0 bridgehead atoms. The van der Waals surface area contributed by atoms with Crippen molar-refractivity contribution in [2.75, 3.05) is 5.32 Å². The van der Waals surface area contributed by atoms with Crippen molar-refractivity contribution in [3.63, 3.8) is 0 Å². The summed E-state index contributed by atoms with van der Waals surface area (Å²) in [5, 5.41) is 9.93. The lowest BCUT2D eigenvalue weighted by molar-refractivity contribution is -0.113. The first-order valence-corrected chi connectivity index (χ1v) is 8.31. The number of aromatic amines is 1.